The highest BCUT2D eigenvalue weighted by Gasteiger charge is 2.27. The first-order chi connectivity index (χ1) is 14.4. The molecule has 2 fully saturated rings. The van der Waals surface area contributed by atoms with E-state index in [1.165, 1.54) is 4.31 Å². The van der Waals surface area contributed by atoms with Crippen LogP contribution in [0.25, 0.3) is 0 Å². The third kappa shape index (κ3) is 5.08. The highest BCUT2D eigenvalue weighted by Crippen LogP contribution is 2.27. The highest BCUT2D eigenvalue weighted by atomic mass is 32.2. The lowest BCUT2D eigenvalue weighted by Crippen LogP contribution is -2.35. The first kappa shape index (κ1) is 21.0. The van der Waals surface area contributed by atoms with Crippen LogP contribution in [0.2, 0.25) is 0 Å². The third-order valence-corrected chi connectivity index (χ3v) is 8.68. The lowest BCUT2D eigenvalue weighted by atomic mass is 10.2. The second-order valence-electron chi connectivity index (χ2n) is 7.74. The molecule has 1 aromatic heterocycles. The Hall–Kier alpha value is -2.23. The molecule has 0 unspecified atom stereocenters. The van der Waals surface area contributed by atoms with Gasteiger partial charge in [-0.3, -0.25) is 9.59 Å². The van der Waals surface area contributed by atoms with Gasteiger partial charge in [0.05, 0.1) is 6.42 Å². The number of carbonyl (C=O) groups excluding carboxylic acids is 2. The smallest absolute Gasteiger partial charge is 0.252 e. The van der Waals surface area contributed by atoms with E-state index in [1.54, 1.807) is 36.4 Å². The Morgan fingerprint density at radius 1 is 1.00 bits per heavy atom. The molecule has 30 heavy (non-hydrogen) atoms. The predicted molar refractivity (Wildman–Crippen MR) is 116 cm³/mol. The normalized spacial score (nSPS) is 17.5. The van der Waals surface area contributed by atoms with Gasteiger partial charge in [0.15, 0.2) is 0 Å². The molecule has 9 heteroatoms. The maximum Gasteiger partial charge on any atom is 0.252 e. The minimum atomic E-state index is -3.47. The number of hydrogen-bond acceptors (Lipinski definition) is 5. The molecule has 0 radical (unpaired) electrons. The Labute approximate surface area is 180 Å². The second kappa shape index (κ2) is 8.87. The largest absolute Gasteiger partial charge is 0.349 e. The number of thiophene rings is 1. The van der Waals surface area contributed by atoms with Crippen LogP contribution in [0, 0.1) is 0 Å². The monoisotopic (exact) mass is 447 g/mol. The molecule has 0 atom stereocenters. The lowest BCUT2D eigenvalue weighted by Gasteiger charge is -2.25. The van der Waals surface area contributed by atoms with Gasteiger partial charge in [-0.05, 0) is 62.1 Å². The Morgan fingerprint density at radius 2 is 1.70 bits per heavy atom. The minimum Gasteiger partial charge on any atom is -0.349 e. The summed E-state index contributed by atoms with van der Waals surface area (Å²) in [6.07, 6.45) is 5.01. The molecule has 160 valence electrons. The first-order valence-corrected chi connectivity index (χ1v) is 12.5. The van der Waals surface area contributed by atoms with Crippen molar-refractivity contribution in [3.8, 4) is 0 Å². The minimum absolute atomic E-state index is 0.101. The maximum atomic E-state index is 12.7. The molecule has 2 heterocycles. The number of benzene rings is 1. The van der Waals surface area contributed by atoms with Crippen LogP contribution in [-0.2, 0) is 21.2 Å². The van der Waals surface area contributed by atoms with E-state index in [-0.39, 0.29) is 18.2 Å². The number of anilines is 1. The molecule has 1 aromatic carbocycles. The standard InChI is InChI=1S/C21H25N3O4S2/c25-19(22-16-6-4-15(5-7-16)21(26)23-17-8-9-17)14-18-10-11-20(29-18)30(27,28)24-12-2-1-3-13-24/h4-7,10-11,17H,1-3,8-9,12-14H2,(H,22,25)(H,23,26). The summed E-state index contributed by atoms with van der Waals surface area (Å²) in [5, 5.41) is 5.72. The molecule has 2 aliphatic rings. The Kier molecular flexibility index (Phi) is 6.21. The average molecular weight is 448 g/mol. The molecule has 1 saturated heterocycles. The zero-order chi connectivity index (χ0) is 21.1. The van der Waals surface area contributed by atoms with Gasteiger partial charge in [-0.1, -0.05) is 6.42 Å². The van der Waals surface area contributed by atoms with Crippen molar-refractivity contribution < 1.29 is 18.0 Å². The van der Waals surface area contributed by atoms with Crippen LogP contribution in [0.1, 0.15) is 47.3 Å². The van der Waals surface area contributed by atoms with Crippen molar-refractivity contribution in [2.45, 2.75) is 48.8 Å². The quantitative estimate of drug-likeness (QED) is 0.682. The summed E-state index contributed by atoms with van der Waals surface area (Å²) in [5.41, 5.74) is 1.16. The van der Waals surface area contributed by atoms with Gasteiger partial charge in [-0.25, -0.2) is 8.42 Å². The van der Waals surface area contributed by atoms with Crippen molar-refractivity contribution in [1.29, 1.82) is 0 Å². The van der Waals surface area contributed by atoms with Gasteiger partial charge in [-0.2, -0.15) is 4.31 Å². The van der Waals surface area contributed by atoms with E-state index in [2.05, 4.69) is 10.6 Å². The van der Waals surface area contributed by atoms with E-state index in [9.17, 15) is 18.0 Å². The van der Waals surface area contributed by atoms with Gasteiger partial charge in [-0.15, -0.1) is 11.3 Å². The van der Waals surface area contributed by atoms with Crippen LogP contribution in [0.3, 0.4) is 0 Å². The fourth-order valence-corrected chi connectivity index (χ4v) is 6.41. The molecule has 0 spiro atoms. The van der Waals surface area contributed by atoms with Gasteiger partial charge < -0.3 is 10.6 Å². The number of sulfonamides is 1. The number of nitrogens with one attached hydrogen (secondary N) is 2. The zero-order valence-corrected chi connectivity index (χ0v) is 18.2. The summed E-state index contributed by atoms with van der Waals surface area (Å²) in [7, 11) is -3.47. The van der Waals surface area contributed by atoms with Gasteiger partial charge in [0, 0.05) is 35.3 Å². The van der Waals surface area contributed by atoms with E-state index >= 15 is 0 Å². The van der Waals surface area contributed by atoms with Crippen LogP contribution in [0.15, 0.2) is 40.6 Å². The molecule has 1 aliphatic carbocycles. The van der Waals surface area contributed by atoms with E-state index < -0.39 is 10.0 Å². The zero-order valence-electron chi connectivity index (χ0n) is 16.6. The number of hydrogen-bond donors (Lipinski definition) is 2. The molecule has 1 saturated carbocycles. The molecule has 2 amide bonds. The Morgan fingerprint density at radius 3 is 2.37 bits per heavy atom. The topological polar surface area (TPSA) is 95.6 Å². The van der Waals surface area contributed by atoms with Crippen LogP contribution in [-0.4, -0.2) is 43.7 Å². The van der Waals surface area contributed by atoms with E-state index in [0.717, 1.165) is 43.4 Å². The molecular formula is C21H25N3O4S2. The molecule has 1 aliphatic heterocycles. The number of amides is 2. The van der Waals surface area contributed by atoms with Gasteiger partial charge in [0.1, 0.15) is 4.21 Å². The third-order valence-electron chi connectivity index (χ3n) is 5.22. The van der Waals surface area contributed by atoms with Crippen molar-refractivity contribution in [2.24, 2.45) is 0 Å². The summed E-state index contributed by atoms with van der Waals surface area (Å²) < 4.78 is 27.3. The Bertz CT molecular complexity index is 1020. The first-order valence-electron chi connectivity index (χ1n) is 10.2. The predicted octanol–water partition coefficient (Wildman–Crippen LogP) is 3.00. The van der Waals surface area contributed by atoms with Gasteiger partial charge >= 0.3 is 0 Å². The second-order valence-corrected chi connectivity index (χ2v) is 11.1. The van der Waals surface area contributed by atoms with Gasteiger partial charge in [0.2, 0.25) is 5.91 Å². The molecule has 7 nitrogen and oxygen atoms in total. The van der Waals surface area contributed by atoms with Crippen LogP contribution in [0.5, 0.6) is 0 Å². The summed E-state index contributed by atoms with van der Waals surface area (Å²) in [4.78, 5) is 25.1. The van der Waals surface area contributed by atoms with Crippen molar-refractivity contribution in [1.82, 2.24) is 9.62 Å². The fourth-order valence-electron chi connectivity index (χ4n) is 3.39. The van der Waals surface area contributed by atoms with Crippen molar-refractivity contribution >= 4 is 38.9 Å². The highest BCUT2D eigenvalue weighted by molar-refractivity contribution is 7.91. The van der Waals surface area contributed by atoms with E-state index in [0.29, 0.717) is 39.5 Å². The van der Waals surface area contributed by atoms with Crippen LogP contribution >= 0.6 is 11.3 Å². The van der Waals surface area contributed by atoms with Crippen molar-refractivity contribution in [2.75, 3.05) is 18.4 Å². The average Bonchev–Trinajstić information content (AvgIpc) is 3.43. The van der Waals surface area contributed by atoms with Crippen molar-refractivity contribution in [3.63, 3.8) is 0 Å². The van der Waals surface area contributed by atoms with Crippen molar-refractivity contribution in [3.05, 3.63) is 46.8 Å². The number of carbonyl (C=O) groups is 2. The van der Waals surface area contributed by atoms with E-state index in [4.69, 9.17) is 0 Å². The summed E-state index contributed by atoms with van der Waals surface area (Å²) >= 11 is 1.15. The number of nitrogens with zero attached hydrogens (tertiary/aromatic N) is 1. The molecule has 2 N–H and O–H groups in total. The lowest BCUT2D eigenvalue weighted by molar-refractivity contribution is -0.115. The van der Waals surface area contributed by atoms with Gasteiger partial charge in [0.25, 0.3) is 15.9 Å². The SMILES string of the molecule is O=C(Cc1ccc(S(=O)(=O)N2CCCCC2)s1)Nc1ccc(C(=O)NC2CC2)cc1. The number of piperidine rings is 1. The maximum absolute atomic E-state index is 12.7. The van der Waals surface area contributed by atoms with Crippen LogP contribution in [0.4, 0.5) is 5.69 Å². The Balaban J connectivity index is 1.33. The van der Waals surface area contributed by atoms with E-state index in [1.807, 2.05) is 0 Å². The number of rotatable bonds is 7. The fraction of sp³-hybridized carbons (Fsp3) is 0.429. The molecular weight excluding hydrogens is 422 g/mol. The summed E-state index contributed by atoms with van der Waals surface area (Å²) in [5.74, 6) is -0.328. The molecule has 0 bridgehead atoms. The molecule has 4 rings (SSSR count). The van der Waals surface area contributed by atoms with Crippen LogP contribution < -0.4 is 10.6 Å². The molecule has 2 aromatic rings. The summed E-state index contributed by atoms with van der Waals surface area (Å²) in [6.45, 7) is 1.12. The summed E-state index contributed by atoms with van der Waals surface area (Å²) in [6, 6.07) is 10.3.